The Morgan fingerprint density at radius 3 is 2.62 bits per heavy atom. The Kier molecular flexibility index (Phi) is 6.58. The predicted octanol–water partition coefficient (Wildman–Crippen LogP) is 3.80. The fourth-order valence-corrected chi connectivity index (χ4v) is 4.32. The highest BCUT2D eigenvalue weighted by Crippen LogP contribution is 2.25. The Hall–Kier alpha value is -3.55. The van der Waals surface area contributed by atoms with Crippen LogP contribution in [0.25, 0.3) is 11.0 Å². The number of hydrogen-bond acceptors (Lipinski definition) is 4. The lowest BCUT2D eigenvalue weighted by Crippen LogP contribution is -2.49. The van der Waals surface area contributed by atoms with E-state index in [2.05, 4.69) is 20.6 Å². The van der Waals surface area contributed by atoms with E-state index in [9.17, 15) is 14.7 Å². The van der Waals surface area contributed by atoms with Gasteiger partial charge in [0.1, 0.15) is 11.6 Å². The van der Waals surface area contributed by atoms with Crippen LogP contribution in [-0.4, -0.2) is 40.2 Å². The number of urea groups is 1. The van der Waals surface area contributed by atoms with Gasteiger partial charge in [-0.1, -0.05) is 37.1 Å². The van der Waals surface area contributed by atoms with Gasteiger partial charge in [0.05, 0.1) is 30.1 Å². The number of ether oxygens (including phenoxy) is 1. The Labute approximate surface area is 186 Å². The molecule has 1 fully saturated rings. The lowest BCUT2D eigenvalue weighted by atomic mass is 9.84. The van der Waals surface area contributed by atoms with Crippen LogP contribution in [0.1, 0.15) is 43.1 Å². The molecule has 0 saturated heterocycles. The Morgan fingerprint density at radius 1 is 1.16 bits per heavy atom. The van der Waals surface area contributed by atoms with Gasteiger partial charge in [-0.05, 0) is 49.1 Å². The summed E-state index contributed by atoms with van der Waals surface area (Å²) in [6.07, 6.45) is 3.55. The topological polar surface area (TPSA) is 116 Å². The van der Waals surface area contributed by atoms with Gasteiger partial charge in [0.2, 0.25) is 0 Å². The molecule has 1 aliphatic rings. The van der Waals surface area contributed by atoms with E-state index >= 15 is 0 Å². The molecule has 1 saturated carbocycles. The van der Waals surface area contributed by atoms with Gasteiger partial charge >= 0.3 is 12.0 Å². The number of rotatable bonds is 7. The fourth-order valence-electron chi connectivity index (χ4n) is 4.32. The van der Waals surface area contributed by atoms with Gasteiger partial charge in [0.25, 0.3) is 0 Å². The molecule has 4 rings (SSSR count). The largest absolute Gasteiger partial charge is 0.497 e. The molecule has 0 aliphatic heterocycles. The number of carboxylic acid groups (broad SMARTS) is 1. The molecular weight excluding hydrogens is 408 g/mol. The summed E-state index contributed by atoms with van der Waals surface area (Å²) in [4.78, 5) is 32.4. The van der Waals surface area contributed by atoms with Gasteiger partial charge in [-0.25, -0.2) is 9.78 Å². The lowest BCUT2D eigenvalue weighted by molar-refractivity contribution is -0.143. The second-order valence-corrected chi connectivity index (χ2v) is 8.20. The lowest BCUT2D eigenvalue weighted by Gasteiger charge is -2.30. The molecule has 4 N–H and O–H groups in total. The first-order valence-electron chi connectivity index (χ1n) is 10.9. The maximum Gasteiger partial charge on any atom is 0.315 e. The Balaban J connectivity index is 1.53. The van der Waals surface area contributed by atoms with Crippen molar-refractivity contribution in [1.29, 1.82) is 0 Å². The minimum absolute atomic E-state index is 0.376. The summed E-state index contributed by atoms with van der Waals surface area (Å²) >= 11 is 0. The van der Waals surface area contributed by atoms with Crippen LogP contribution < -0.4 is 15.4 Å². The van der Waals surface area contributed by atoms with Crippen molar-refractivity contribution in [3.63, 3.8) is 0 Å². The van der Waals surface area contributed by atoms with E-state index in [4.69, 9.17) is 4.74 Å². The van der Waals surface area contributed by atoms with Crippen LogP contribution in [0.3, 0.4) is 0 Å². The zero-order valence-electron chi connectivity index (χ0n) is 18.0. The zero-order valence-corrected chi connectivity index (χ0v) is 18.0. The van der Waals surface area contributed by atoms with Crippen LogP contribution in [0, 0.1) is 5.92 Å². The highest BCUT2D eigenvalue weighted by atomic mass is 16.5. The van der Waals surface area contributed by atoms with Crippen LogP contribution >= 0.6 is 0 Å². The van der Waals surface area contributed by atoms with Crippen LogP contribution in [0.5, 0.6) is 5.75 Å². The van der Waals surface area contributed by atoms with Gasteiger partial charge in [-0.15, -0.1) is 0 Å². The van der Waals surface area contributed by atoms with Crippen molar-refractivity contribution in [3.8, 4) is 5.75 Å². The van der Waals surface area contributed by atoms with Crippen molar-refractivity contribution >= 4 is 23.0 Å². The second kappa shape index (κ2) is 9.72. The van der Waals surface area contributed by atoms with Crippen molar-refractivity contribution in [2.45, 2.75) is 44.2 Å². The van der Waals surface area contributed by atoms with E-state index in [0.29, 0.717) is 25.1 Å². The molecule has 3 atom stereocenters. The molecule has 2 amide bonds. The molecule has 32 heavy (non-hydrogen) atoms. The standard InChI is InChI=1S/C24H28N4O4/c1-32-16-12-10-15(11-13-16)14-21(22-25-19-8-4-5-9-20(19)26-22)28-24(31)27-18-7-3-2-6-17(18)23(29)30/h4-5,8-13,17-18,21H,2-3,6-7,14H2,1H3,(H,25,26)(H,29,30)(H2,27,28,31)/t17-,18-,21-/m1/s1. The van der Waals surface area contributed by atoms with Gasteiger partial charge in [0, 0.05) is 6.04 Å². The number of methoxy groups -OCH3 is 1. The number of fused-ring (bicyclic) bond motifs is 1. The normalized spacial score (nSPS) is 19.3. The number of carboxylic acids is 1. The first kappa shape index (κ1) is 21.7. The number of hydrogen-bond donors (Lipinski definition) is 4. The SMILES string of the molecule is COc1ccc(C[C@@H](NC(=O)N[C@@H]2CCCC[C@H]2C(=O)O)c2nc3ccccc3[nH]2)cc1. The number of nitrogens with zero attached hydrogens (tertiary/aromatic N) is 1. The third-order valence-electron chi connectivity index (χ3n) is 6.04. The van der Waals surface area contributed by atoms with Crippen molar-refractivity contribution in [3.05, 3.63) is 59.9 Å². The number of carbonyl (C=O) groups excluding carboxylic acids is 1. The number of amides is 2. The third-order valence-corrected chi connectivity index (χ3v) is 6.04. The number of carbonyl (C=O) groups is 2. The quantitative estimate of drug-likeness (QED) is 0.450. The summed E-state index contributed by atoms with van der Waals surface area (Å²) in [6, 6.07) is 14.2. The highest BCUT2D eigenvalue weighted by molar-refractivity contribution is 5.78. The number of benzene rings is 2. The molecule has 3 aromatic rings. The molecule has 8 nitrogen and oxygen atoms in total. The number of para-hydroxylation sites is 2. The third kappa shape index (κ3) is 5.01. The van der Waals surface area contributed by atoms with E-state index in [0.717, 1.165) is 35.2 Å². The maximum atomic E-state index is 12.9. The zero-order chi connectivity index (χ0) is 22.5. The van der Waals surface area contributed by atoms with Crippen LogP contribution in [0.15, 0.2) is 48.5 Å². The molecule has 2 aromatic carbocycles. The number of imidazole rings is 1. The number of H-pyrrole nitrogens is 1. The van der Waals surface area contributed by atoms with Crippen molar-refractivity contribution in [1.82, 2.24) is 20.6 Å². The Bertz CT molecular complexity index is 1050. The van der Waals surface area contributed by atoms with Crippen LogP contribution in [0.2, 0.25) is 0 Å². The van der Waals surface area contributed by atoms with Gasteiger partial charge in [-0.2, -0.15) is 0 Å². The summed E-state index contributed by atoms with van der Waals surface area (Å²) in [5.41, 5.74) is 2.72. The van der Waals surface area contributed by atoms with E-state index in [-0.39, 0.29) is 12.1 Å². The molecule has 8 heteroatoms. The van der Waals surface area contributed by atoms with Gasteiger partial charge in [-0.3, -0.25) is 4.79 Å². The molecule has 1 aromatic heterocycles. The van der Waals surface area contributed by atoms with Crippen molar-refractivity contribution < 1.29 is 19.4 Å². The van der Waals surface area contributed by atoms with E-state index in [1.807, 2.05) is 48.5 Å². The number of aliphatic carboxylic acids is 1. The van der Waals surface area contributed by atoms with Gasteiger partial charge in [0.15, 0.2) is 0 Å². The Morgan fingerprint density at radius 2 is 1.91 bits per heavy atom. The first-order chi connectivity index (χ1) is 15.5. The smallest absolute Gasteiger partial charge is 0.315 e. The average molecular weight is 437 g/mol. The molecule has 168 valence electrons. The summed E-state index contributed by atoms with van der Waals surface area (Å²) in [6.45, 7) is 0. The number of aromatic nitrogens is 2. The molecule has 0 spiro atoms. The van der Waals surface area contributed by atoms with Crippen LogP contribution in [0.4, 0.5) is 4.79 Å². The first-order valence-corrected chi connectivity index (χ1v) is 10.9. The van der Waals surface area contributed by atoms with E-state index < -0.39 is 17.9 Å². The predicted molar refractivity (Wildman–Crippen MR) is 121 cm³/mol. The molecular formula is C24H28N4O4. The average Bonchev–Trinajstić information content (AvgIpc) is 3.24. The summed E-state index contributed by atoms with van der Waals surface area (Å²) in [5, 5.41) is 15.4. The molecule has 0 radical (unpaired) electrons. The summed E-state index contributed by atoms with van der Waals surface area (Å²) < 4.78 is 5.23. The molecule has 1 aliphatic carbocycles. The summed E-state index contributed by atoms with van der Waals surface area (Å²) in [7, 11) is 1.62. The summed E-state index contributed by atoms with van der Waals surface area (Å²) in [5.74, 6) is -0.00449. The van der Waals surface area contributed by atoms with E-state index in [1.165, 1.54) is 0 Å². The second-order valence-electron chi connectivity index (χ2n) is 8.20. The van der Waals surface area contributed by atoms with E-state index in [1.54, 1.807) is 7.11 Å². The monoisotopic (exact) mass is 436 g/mol. The van der Waals surface area contributed by atoms with Crippen molar-refractivity contribution in [2.75, 3.05) is 7.11 Å². The highest BCUT2D eigenvalue weighted by Gasteiger charge is 2.32. The fraction of sp³-hybridized carbons (Fsp3) is 0.375. The van der Waals surface area contributed by atoms with Crippen LogP contribution in [-0.2, 0) is 11.2 Å². The molecule has 0 bridgehead atoms. The minimum atomic E-state index is -0.859. The number of aromatic amines is 1. The molecule has 0 unspecified atom stereocenters. The molecule has 1 heterocycles. The van der Waals surface area contributed by atoms with Crippen molar-refractivity contribution in [2.24, 2.45) is 5.92 Å². The minimum Gasteiger partial charge on any atom is -0.497 e. The number of nitrogens with one attached hydrogen (secondary N) is 3. The van der Waals surface area contributed by atoms with Gasteiger partial charge < -0.3 is 25.5 Å². The maximum absolute atomic E-state index is 12.9.